The maximum Gasteiger partial charge on any atom is 0.197 e. The molecule has 80 valence electrons. The van der Waals surface area contributed by atoms with Gasteiger partial charge in [-0.2, -0.15) is 0 Å². The average Bonchev–Trinajstić information content (AvgIpc) is 2.72. The van der Waals surface area contributed by atoms with Crippen molar-refractivity contribution in [1.82, 2.24) is 0 Å². The van der Waals surface area contributed by atoms with Crippen molar-refractivity contribution in [2.24, 2.45) is 0 Å². The molecule has 2 aliphatic heterocycles. The fourth-order valence-electron chi connectivity index (χ4n) is 2.68. The first-order chi connectivity index (χ1) is 6.61. The van der Waals surface area contributed by atoms with E-state index in [-0.39, 0.29) is 12.2 Å². The summed E-state index contributed by atoms with van der Waals surface area (Å²) in [6.45, 7) is 5.22. The van der Waals surface area contributed by atoms with E-state index in [0.717, 1.165) is 12.8 Å². The van der Waals surface area contributed by atoms with Crippen molar-refractivity contribution >= 4 is 0 Å². The van der Waals surface area contributed by atoms with Gasteiger partial charge in [-0.05, 0) is 20.3 Å². The maximum absolute atomic E-state index is 5.84. The summed E-state index contributed by atoms with van der Waals surface area (Å²) < 4.78 is 23.0. The molecule has 4 nitrogen and oxygen atoms in total. The number of ether oxygens (including phenoxy) is 4. The summed E-state index contributed by atoms with van der Waals surface area (Å²) in [6.07, 6.45) is 1.95. The molecule has 0 aromatic rings. The van der Waals surface area contributed by atoms with Crippen molar-refractivity contribution < 1.29 is 18.9 Å². The molecule has 0 aromatic heterocycles. The number of hydrogen-bond acceptors (Lipinski definition) is 4. The van der Waals surface area contributed by atoms with Gasteiger partial charge in [0.15, 0.2) is 11.6 Å². The Bertz CT molecular complexity index is 245. The fourth-order valence-corrected chi connectivity index (χ4v) is 2.68. The summed E-state index contributed by atoms with van der Waals surface area (Å²) in [7, 11) is 0. The first-order valence-electron chi connectivity index (χ1n) is 5.25. The smallest absolute Gasteiger partial charge is 0.197 e. The summed E-state index contributed by atoms with van der Waals surface area (Å²) in [5, 5.41) is 0. The molecule has 0 N–H and O–H groups in total. The minimum atomic E-state index is -0.502. The first kappa shape index (κ1) is 9.09. The van der Waals surface area contributed by atoms with Crippen LogP contribution in [0.2, 0.25) is 0 Å². The monoisotopic (exact) mass is 200 g/mol. The van der Waals surface area contributed by atoms with Crippen LogP contribution < -0.4 is 0 Å². The molecular formula is C10H16O4. The van der Waals surface area contributed by atoms with Crippen molar-refractivity contribution in [1.29, 1.82) is 0 Å². The van der Waals surface area contributed by atoms with Crippen LogP contribution in [-0.4, -0.2) is 37.0 Å². The van der Waals surface area contributed by atoms with Crippen molar-refractivity contribution in [3.05, 3.63) is 0 Å². The van der Waals surface area contributed by atoms with Crippen LogP contribution in [0.15, 0.2) is 0 Å². The Morgan fingerprint density at radius 2 is 1.79 bits per heavy atom. The lowest BCUT2D eigenvalue weighted by Crippen LogP contribution is -2.43. The molecular weight excluding hydrogens is 184 g/mol. The van der Waals surface area contributed by atoms with Crippen LogP contribution in [-0.2, 0) is 18.9 Å². The van der Waals surface area contributed by atoms with Crippen molar-refractivity contribution in [2.45, 2.75) is 50.5 Å². The van der Waals surface area contributed by atoms with Crippen LogP contribution >= 0.6 is 0 Å². The average molecular weight is 200 g/mol. The summed E-state index contributed by atoms with van der Waals surface area (Å²) in [4.78, 5) is 0. The van der Waals surface area contributed by atoms with E-state index in [4.69, 9.17) is 18.9 Å². The fraction of sp³-hybridized carbons (Fsp3) is 1.00. The summed E-state index contributed by atoms with van der Waals surface area (Å²) >= 11 is 0. The predicted molar refractivity (Wildman–Crippen MR) is 47.7 cm³/mol. The van der Waals surface area contributed by atoms with Crippen molar-refractivity contribution in [3.8, 4) is 0 Å². The van der Waals surface area contributed by atoms with Crippen molar-refractivity contribution in [3.63, 3.8) is 0 Å². The lowest BCUT2D eigenvalue weighted by molar-refractivity contribution is -0.240. The molecule has 0 radical (unpaired) electrons. The van der Waals surface area contributed by atoms with E-state index in [9.17, 15) is 0 Å². The molecule has 3 aliphatic rings. The molecule has 3 fully saturated rings. The minimum absolute atomic E-state index is 0.0417. The SMILES string of the molecule is CC1(C)OC2CCC3(OCCO3)C2O1. The second kappa shape index (κ2) is 2.70. The minimum Gasteiger partial charge on any atom is -0.345 e. The predicted octanol–water partition coefficient (Wildman–Crippen LogP) is 1.04. The highest BCUT2D eigenvalue weighted by atomic mass is 16.8. The molecule has 2 heterocycles. The molecule has 2 atom stereocenters. The molecule has 2 unspecified atom stereocenters. The molecule has 1 spiro atoms. The Morgan fingerprint density at radius 1 is 1.07 bits per heavy atom. The molecule has 4 heteroatoms. The largest absolute Gasteiger partial charge is 0.345 e. The molecule has 0 amide bonds. The van der Waals surface area contributed by atoms with E-state index < -0.39 is 11.6 Å². The van der Waals surface area contributed by atoms with E-state index in [0.29, 0.717) is 13.2 Å². The highest BCUT2D eigenvalue weighted by Crippen LogP contribution is 2.47. The Hall–Kier alpha value is -0.160. The van der Waals surface area contributed by atoms with E-state index in [2.05, 4.69) is 0 Å². The van der Waals surface area contributed by atoms with Gasteiger partial charge in [0.2, 0.25) is 0 Å². The maximum atomic E-state index is 5.84. The molecule has 1 aliphatic carbocycles. The first-order valence-corrected chi connectivity index (χ1v) is 5.25. The molecule has 0 aromatic carbocycles. The van der Waals surface area contributed by atoms with Gasteiger partial charge in [-0.3, -0.25) is 0 Å². The van der Waals surface area contributed by atoms with Crippen LogP contribution in [0.4, 0.5) is 0 Å². The molecule has 1 saturated carbocycles. The quantitative estimate of drug-likeness (QED) is 0.585. The van der Waals surface area contributed by atoms with E-state index >= 15 is 0 Å². The Morgan fingerprint density at radius 3 is 2.50 bits per heavy atom. The summed E-state index contributed by atoms with van der Waals surface area (Å²) in [6, 6.07) is 0. The van der Waals surface area contributed by atoms with Gasteiger partial charge in [-0.15, -0.1) is 0 Å². The van der Waals surface area contributed by atoms with Gasteiger partial charge >= 0.3 is 0 Å². The molecule has 14 heavy (non-hydrogen) atoms. The summed E-state index contributed by atoms with van der Waals surface area (Å²) in [5.74, 6) is -0.990. The lowest BCUT2D eigenvalue weighted by atomic mass is 10.2. The van der Waals surface area contributed by atoms with Gasteiger partial charge in [0.1, 0.15) is 6.10 Å². The highest BCUT2D eigenvalue weighted by Gasteiger charge is 2.60. The number of fused-ring (bicyclic) bond motifs is 2. The Kier molecular flexibility index (Phi) is 1.75. The zero-order chi connectivity index (χ0) is 9.81. The second-order valence-electron chi connectivity index (χ2n) is 4.64. The van der Waals surface area contributed by atoms with Gasteiger partial charge in [-0.1, -0.05) is 0 Å². The highest BCUT2D eigenvalue weighted by molar-refractivity contribution is 5.00. The van der Waals surface area contributed by atoms with Gasteiger partial charge in [-0.25, -0.2) is 0 Å². The molecule has 2 saturated heterocycles. The van der Waals surface area contributed by atoms with Crippen molar-refractivity contribution in [2.75, 3.05) is 13.2 Å². The summed E-state index contributed by atoms with van der Waals surface area (Å²) in [5.41, 5.74) is 0. The van der Waals surface area contributed by atoms with Crippen LogP contribution in [0.25, 0.3) is 0 Å². The number of hydrogen-bond donors (Lipinski definition) is 0. The van der Waals surface area contributed by atoms with Gasteiger partial charge in [0, 0.05) is 6.42 Å². The standard InChI is InChI=1S/C10H16O4/c1-9(2)13-7-3-4-10(8(7)14-9)11-5-6-12-10/h7-8H,3-6H2,1-2H3. The van der Waals surface area contributed by atoms with E-state index in [1.807, 2.05) is 13.8 Å². The molecule has 3 rings (SSSR count). The van der Waals surface area contributed by atoms with Crippen LogP contribution in [0.1, 0.15) is 26.7 Å². The second-order valence-corrected chi connectivity index (χ2v) is 4.64. The van der Waals surface area contributed by atoms with E-state index in [1.165, 1.54) is 0 Å². The van der Waals surface area contributed by atoms with Gasteiger partial charge in [0.25, 0.3) is 0 Å². The lowest BCUT2D eigenvalue weighted by Gasteiger charge is -2.28. The van der Waals surface area contributed by atoms with Crippen LogP contribution in [0, 0.1) is 0 Å². The third-order valence-electron chi connectivity index (χ3n) is 3.17. The normalized spacial score (nSPS) is 43.3. The van der Waals surface area contributed by atoms with Gasteiger partial charge in [0.05, 0.1) is 19.3 Å². The van der Waals surface area contributed by atoms with Crippen LogP contribution in [0.3, 0.4) is 0 Å². The van der Waals surface area contributed by atoms with E-state index in [1.54, 1.807) is 0 Å². The zero-order valence-electron chi connectivity index (χ0n) is 8.62. The third kappa shape index (κ3) is 1.15. The third-order valence-corrected chi connectivity index (χ3v) is 3.17. The number of rotatable bonds is 0. The zero-order valence-corrected chi connectivity index (χ0v) is 8.62. The Balaban J connectivity index is 1.85. The molecule has 0 bridgehead atoms. The van der Waals surface area contributed by atoms with Crippen LogP contribution in [0.5, 0.6) is 0 Å². The van der Waals surface area contributed by atoms with Gasteiger partial charge < -0.3 is 18.9 Å². The topological polar surface area (TPSA) is 36.9 Å². The Labute approximate surface area is 83.5 Å².